The molecule has 27 heavy (non-hydrogen) atoms. The van der Waals surface area contributed by atoms with E-state index in [4.69, 9.17) is 0 Å². The zero-order valence-electron chi connectivity index (χ0n) is 16.6. The van der Waals surface area contributed by atoms with Crippen LogP contribution in [0.5, 0.6) is 0 Å². The quantitative estimate of drug-likeness (QED) is 0.687. The Morgan fingerprint density at radius 1 is 1.11 bits per heavy atom. The predicted octanol–water partition coefficient (Wildman–Crippen LogP) is 2.17. The van der Waals surface area contributed by atoms with Crippen molar-refractivity contribution in [2.75, 3.05) is 6.61 Å². The Morgan fingerprint density at radius 3 is 2.44 bits per heavy atom. The highest BCUT2D eigenvalue weighted by molar-refractivity contribution is 5.92. The molecule has 3 fully saturated rings. The van der Waals surface area contributed by atoms with Gasteiger partial charge >= 0.3 is 0 Å². The van der Waals surface area contributed by atoms with E-state index in [1.807, 2.05) is 13.8 Å². The first-order chi connectivity index (χ1) is 12.5. The zero-order valence-corrected chi connectivity index (χ0v) is 16.6. The van der Waals surface area contributed by atoms with Crippen LogP contribution < -0.4 is 0 Å². The van der Waals surface area contributed by atoms with Crippen molar-refractivity contribution in [3.63, 3.8) is 0 Å². The van der Waals surface area contributed by atoms with Crippen LogP contribution in [-0.2, 0) is 9.59 Å². The number of carbonyl (C=O) groups is 2. The monoisotopic (exact) mass is 376 g/mol. The van der Waals surface area contributed by atoms with E-state index in [9.17, 15) is 24.9 Å². The number of aliphatic hydroxyl groups excluding tert-OH is 1. The van der Waals surface area contributed by atoms with Gasteiger partial charge in [0.25, 0.3) is 0 Å². The van der Waals surface area contributed by atoms with Crippen LogP contribution in [0.1, 0.15) is 65.7 Å². The molecule has 0 aromatic rings. The van der Waals surface area contributed by atoms with Crippen LogP contribution in [0.15, 0.2) is 11.6 Å². The van der Waals surface area contributed by atoms with Crippen molar-refractivity contribution in [3.05, 3.63) is 11.6 Å². The molecule has 0 aliphatic heterocycles. The standard InChI is InChI=1S/C22H32O5/c1-19-7-4-13(24)10-17(19)21(3,26)11-14-15(19)5-8-20(2)16(14)6-9-22(20,27)18(25)12-23/h10,14-16,23,26-27H,4-9,11-12H2,1-3H3/t14-,15+,16+,19-,20+,21?,22+/m1/s1. The highest BCUT2D eigenvalue weighted by Crippen LogP contribution is 2.68. The molecule has 4 aliphatic rings. The molecule has 7 atom stereocenters. The van der Waals surface area contributed by atoms with Gasteiger partial charge in [-0.25, -0.2) is 0 Å². The average Bonchev–Trinajstić information content (AvgIpc) is 2.88. The molecular formula is C22H32O5. The summed E-state index contributed by atoms with van der Waals surface area (Å²) in [6, 6.07) is 0. The second-order valence-corrected chi connectivity index (χ2v) is 10.2. The zero-order chi connectivity index (χ0) is 19.8. The van der Waals surface area contributed by atoms with Crippen LogP contribution in [-0.4, -0.2) is 44.7 Å². The van der Waals surface area contributed by atoms with Crippen LogP contribution in [0.25, 0.3) is 0 Å². The predicted molar refractivity (Wildman–Crippen MR) is 99.8 cm³/mol. The van der Waals surface area contributed by atoms with Crippen LogP contribution in [0.4, 0.5) is 0 Å². The van der Waals surface area contributed by atoms with Gasteiger partial charge < -0.3 is 15.3 Å². The first-order valence-corrected chi connectivity index (χ1v) is 10.3. The van der Waals surface area contributed by atoms with Gasteiger partial charge in [-0.3, -0.25) is 9.59 Å². The second kappa shape index (κ2) is 5.74. The van der Waals surface area contributed by atoms with Gasteiger partial charge in [0, 0.05) is 11.8 Å². The highest BCUT2D eigenvalue weighted by atomic mass is 16.3. The third-order valence-corrected chi connectivity index (χ3v) is 9.04. The maximum Gasteiger partial charge on any atom is 0.190 e. The lowest BCUT2D eigenvalue weighted by Crippen LogP contribution is -2.61. The molecule has 4 rings (SSSR count). The van der Waals surface area contributed by atoms with E-state index in [1.165, 1.54) is 0 Å². The molecule has 150 valence electrons. The Morgan fingerprint density at radius 2 is 1.78 bits per heavy atom. The van der Waals surface area contributed by atoms with E-state index >= 15 is 0 Å². The van der Waals surface area contributed by atoms with Crippen LogP contribution >= 0.6 is 0 Å². The molecule has 0 heterocycles. The molecule has 0 aromatic heterocycles. The maximum atomic E-state index is 12.4. The molecule has 0 amide bonds. The van der Waals surface area contributed by atoms with Gasteiger partial charge in [0.2, 0.25) is 0 Å². The molecule has 0 aromatic carbocycles. The summed E-state index contributed by atoms with van der Waals surface area (Å²) in [6.45, 7) is 5.38. The van der Waals surface area contributed by atoms with E-state index in [1.54, 1.807) is 6.08 Å². The van der Waals surface area contributed by atoms with E-state index in [0.29, 0.717) is 25.2 Å². The number of rotatable bonds is 2. The molecule has 5 nitrogen and oxygen atoms in total. The Kier molecular flexibility index (Phi) is 4.10. The number of hydrogen-bond acceptors (Lipinski definition) is 5. The van der Waals surface area contributed by atoms with Gasteiger partial charge in [0.1, 0.15) is 12.2 Å². The molecule has 5 heteroatoms. The highest BCUT2D eigenvalue weighted by Gasteiger charge is 2.67. The molecule has 3 N–H and O–H groups in total. The Bertz CT molecular complexity index is 724. The van der Waals surface area contributed by atoms with Crippen molar-refractivity contribution in [1.29, 1.82) is 0 Å². The molecule has 0 spiro atoms. The second-order valence-electron chi connectivity index (χ2n) is 10.2. The fourth-order valence-corrected chi connectivity index (χ4v) is 7.61. The summed E-state index contributed by atoms with van der Waals surface area (Å²) in [7, 11) is 0. The van der Waals surface area contributed by atoms with Gasteiger partial charge in [-0.15, -0.1) is 0 Å². The minimum Gasteiger partial charge on any atom is -0.388 e. The van der Waals surface area contributed by atoms with Gasteiger partial charge in [-0.1, -0.05) is 13.8 Å². The van der Waals surface area contributed by atoms with Gasteiger partial charge in [-0.2, -0.15) is 0 Å². The Hall–Kier alpha value is -1.04. The number of Topliss-reactive ketones (excluding diaryl/α,β-unsaturated/α-hetero) is 1. The smallest absolute Gasteiger partial charge is 0.190 e. The van der Waals surface area contributed by atoms with Crippen LogP contribution in [0.3, 0.4) is 0 Å². The number of hydrogen-bond donors (Lipinski definition) is 3. The fraction of sp³-hybridized carbons (Fsp3) is 0.818. The molecule has 1 unspecified atom stereocenters. The summed E-state index contributed by atoms with van der Waals surface area (Å²) < 4.78 is 0. The number of aliphatic hydroxyl groups is 3. The third kappa shape index (κ3) is 2.34. The molecule has 3 saturated carbocycles. The first-order valence-electron chi connectivity index (χ1n) is 10.3. The molecular weight excluding hydrogens is 344 g/mol. The van der Waals surface area contributed by atoms with Gasteiger partial charge in [-0.05, 0) is 80.3 Å². The van der Waals surface area contributed by atoms with E-state index < -0.39 is 29.0 Å². The van der Waals surface area contributed by atoms with Gasteiger partial charge in [0.05, 0.1) is 5.60 Å². The van der Waals surface area contributed by atoms with E-state index in [-0.39, 0.29) is 23.0 Å². The lowest BCUT2D eigenvalue weighted by atomic mass is 9.44. The normalized spacial score (nSPS) is 51.9. The van der Waals surface area contributed by atoms with Crippen LogP contribution in [0, 0.1) is 28.6 Å². The topological polar surface area (TPSA) is 94.8 Å². The van der Waals surface area contributed by atoms with E-state index in [2.05, 4.69) is 6.92 Å². The molecule has 0 saturated heterocycles. The first kappa shape index (κ1) is 19.3. The number of ketones is 2. The molecule has 0 radical (unpaired) electrons. The van der Waals surface area contributed by atoms with Crippen molar-refractivity contribution in [2.45, 2.75) is 76.9 Å². The molecule has 0 bridgehead atoms. The summed E-state index contributed by atoms with van der Waals surface area (Å²) >= 11 is 0. The lowest BCUT2D eigenvalue weighted by Gasteiger charge is -2.61. The van der Waals surface area contributed by atoms with Crippen molar-refractivity contribution >= 4 is 11.6 Å². The van der Waals surface area contributed by atoms with Crippen molar-refractivity contribution in [1.82, 2.24) is 0 Å². The third-order valence-electron chi connectivity index (χ3n) is 9.04. The Balaban J connectivity index is 1.76. The fourth-order valence-electron chi connectivity index (χ4n) is 7.61. The van der Waals surface area contributed by atoms with Crippen LogP contribution in [0.2, 0.25) is 0 Å². The average molecular weight is 376 g/mol. The maximum absolute atomic E-state index is 12.4. The summed E-state index contributed by atoms with van der Waals surface area (Å²) in [5.74, 6) is 0.324. The largest absolute Gasteiger partial charge is 0.388 e. The van der Waals surface area contributed by atoms with Crippen molar-refractivity contribution < 1.29 is 24.9 Å². The number of fused-ring (bicyclic) bond motifs is 5. The summed E-state index contributed by atoms with van der Waals surface area (Å²) in [5, 5.41) is 31.9. The SMILES string of the molecule is CC1(O)C[C@@H]2[C@H](CC[C@@]3(C)[C@H]2CC[C@]3(O)C(=O)CO)[C@@]2(C)CCC(=O)C=C12. The van der Waals surface area contributed by atoms with Crippen molar-refractivity contribution in [2.24, 2.45) is 28.6 Å². The molecule has 4 aliphatic carbocycles. The minimum absolute atomic E-state index is 0.102. The minimum atomic E-state index is -1.47. The van der Waals surface area contributed by atoms with E-state index in [0.717, 1.165) is 31.3 Å². The lowest BCUT2D eigenvalue weighted by molar-refractivity contribution is -0.170. The van der Waals surface area contributed by atoms with Gasteiger partial charge in [0.15, 0.2) is 11.6 Å². The summed E-state index contributed by atoms with van der Waals surface area (Å²) in [6.07, 6.45) is 6.27. The Labute approximate surface area is 160 Å². The van der Waals surface area contributed by atoms with Crippen molar-refractivity contribution in [3.8, 4) is 0 Å². The summed E-state index contributed by atoms with van der Waals surface area (Å²) in [4.78, 5) is 24.5. The number of carbonyl (C=O) groups excluding carboxylic acids is 2. The summed E-state index contributed by atoms with van der Waals surface area (Å²) in [5.41, 5.74) is -2.39.